The molecule has 3 rings (SSSR count). The third-order valence-corrected chi connectivity index (χ3v) is 3.13. The lowest BCUT2D eigenvalue weighted by molar-refractivity contribution is -0.121. The molecule has 0 aliphatic carbocycles. The first-order chi connectivity index (χ1) is 10.7. The summed E-state index contributed by atoms with van der Waals surface area (Å²) in [4.78, 5) is 11.8. The van der Waals surface area contributed by atoms with E-state index in [1.165, 1.54) is 0 Å². The zero-order chi connectivity index (χ0) is 15.4. The van der Waals surface area contributed by atoms with Crippen LogP contribution in [-0.4, -0.2) is 19.3 Å². The van der Waals surface area contributed by atoms with Crippen LogP contribution in [0.3, 0.4) is 0 Å². The summed E-state index contributed by atoms with van der Waals surface area (Å²) < 4.78 is 15.9. The number of fused-ring (bicyclic) bond motifs is 1. The van der Waals surface area contributed by atoms with Gasteiger partial charge in [-0.3, -0.25) is 4.79 Å². The van der Waals surface area contributed by atoms with Crippen LogP contribution in [0.25, 0.3) is 0 Å². The van der Waals surface area contributed by atoms with Gasteiger partial charge in [0.2, 0.25) is 12.7 Å². The highest BCUT2D eigenvalue weighted by molar-refractivity contribution is 5.91. The monoisotopic (exact) mass is 300 g/mol. The van der Waals surface area contributed by atoms with Gasteiger partial charge in [0.15, 0.2) is 11.5 Å². The fourth-order valence-electron chi connectivity index (χ4n) is 2.06. The number of nitrogen functional groups attached to an aromatic ring is 1. The summed E-state index contributed by atoms with van der Waals surface area (Å²) in [5.41, 5.74) is 7.84. The Hall–Kier alpha value is -2.73. The number of anilines is 2. The van der Waals surface area contributed by atoms with Crippen molar-refractivity contribution in [1.82, 2.24) is 0 Å². The van der Waals surface area contributed by atoms with Crippen molar-refractivity contribution in [1.29, 1.82) is 0 Å². The molecule has 0 saturated carbocycles. The Balaban J connectivity index is 1.46. The van der Waals surface area contributed by atoms with Gasteiger partial charge in [-0.1, -0.05) is 6.07 Å². The Morgan fingerprint density at radius 1 is 1.14 bits per heavy atom. The lowest BCUT2D eigenvalue weighted by atomic mass is 10.2. The topological polar surface area (TPSA) is 82.8 Å². The predicted molar refractivity (Wildman–Crippen MR) is 81.7 cm³/mol. The van der Waals surface area contributed by atoms with Crippen molar-refractivity contribution in [3.05, 3.63) is 48.0 Å². The number of hydrogen-bond donors (Lipinski definition) is 2. The molecule has 1 aliphatic rings. The van der Waals surface area contributed by atoms with Crippen LogP contribution in [0.1, 0.15) is 5.56 Å². The minimum Gasteiger partial charge on any atom is -0.454 e. The average Bonchev–Trinajstić information content (AvgIpc) is 2.97. The van der Waals surface area contributed by atoms with Crippen LogP contribution in [0.4, 0.5) is 11.4 Å². The second kappa shape index (κ2) is 6.36. The first-order valence-corrected chi connectivity index (χ1v) is 6.82. The van der Waals surface area contributed by atoms with E-state index in [1.54, 1.807) is 24.3 Å². The molecule has 1 aliphatic heterocycles. The number of rotatable bonds is 5. The number of nitrogens with one attached hydrogen (secondary N) is 1. The number of amides is 1. The molecule has 0 unspecified atom stereocenters. The van der Waals surface area contributed by atoms with E-state index in [0.717, 1.165) is 11.3 Å². The first kappa shape index (κ1) is 14.2. The second-order valence-corrected chi connectivity index (χ2v) is 4.85. The fraction of sp³-hybridized carbons (Fsp3) is 0.188. The molecule has 0 aromatic heterocycles. The van der Waals surface area contributed by atoms with Crippen LogP contribution in [0, 0.1) is 0 Å². The van der Waals surface area contributed by atoms with Crippen molar-refractivity contribution >= 4 is 17.3 Å². The molecule has 0 radical (unpaired) electrons. The van der Waals surface area contributed by atoms with E-state index in [4.69, 9.17) is 19.9 Å². The number of benzene rings is 2. The van der Waals surface area contributed by atoms with Gasteiger partial charge < -0.3 is 25.3 Å². The van der Waals surface area contributed by atoms with Gasteiger partial charge >= 0.3 is 0 Å². The summed E-state index contributed by atoms with van der Waals surface area (Å²) in [6.07, 6.45) is 0. The van der Waals surface area contributed by atoms with Crippen LogP contribution in [0.2, 0.25) is 0 Å². The highest BCUT2D eigenvalue weighted by Gasteiger charge is 2.13. The van der Waals surface area contributed by atoms with E-state index >= 15 is 0 Å². The molecule has 0 saturated heterocycles. The maximum Gasteiger partial charge on any atom is 0.250 e. The van der Waals surface area contributed by atoms with E-state index in [2.05, 4.69) is 5.32 Å². The number of carbonyl (C=O) groups is 1. The summed E-state index contributed by atoms with van der Waals surface area (Å²) in [5.74, 6) is 1.21. The third kappa shape index (κ3) is 3.48. The molecule has 114 valence electrons. The van der Waals surface area contributed by atoms with Crippen molar-refractivity contribution in [3.63, 3.8) is 0 Å². The molecule has 0 spiro atoms. The molecular formula is C16H16N2O4. The Morgan fingerprint density at radius 3 is 2.73 bits per heavy atom. The molecule has 6 nitrogen and oxygen atoms in total. The molecule has 22 heavy (non-hydrogen) atoms. The van der Waals surface area contributed by atoms with Crippen LogP contribution >= 0.6 is 0 Å². The fourth-order valence-corrected chi connectivity index (χ4v) is 2.06. The Bertz CT molecular complexity index is 670. The average molecular weight is 300 g/mol. The van der Waals surface area contributed by atoms with Crippen LogP contribution in [0.5, 0.6) is 11.5 Å². The van der Waals surface area contributed by atoms with Gasteiger partial charge in [-0.2, -0.15) is 0 Å². The molecule has 0 bridgehead atoms. The van der Waals surface area contributed by atoms with Crippen LogP contribution in [-0.2, 0) is 16.1 Å². The van der Waals surface area contributed by atoms with Gasteiger partial charge in [0.05, 0.1) is 6.61 Å². The molecule has 0 fully saturated rings. The van der Waals surface area contributed by atoms with Gasteiger partial charge in [0, 0.05) is 11.4 Å². The molecule has 6 heteroatoms. The van der Waals surface area contributed by atoms with Crippen molar-refractivity contribution < 1.29 is 19.0 Å². The van der Waals surface area contributed by atoms with Gasteiger partial charge in [-0.25, -0.2) is 0 Å². The van der Waals surface area contributed by atoms with Crippen LogP contribution < -0.4 is 20.5 Å². The van der Waals surface area contributed by atoms with E-state index < -0.39 is 0 Å². The number of ether oxygens (including phenoxy) is 3. The maximum absolute atomic E-state index is 11.8. The van der Waals surface area contributed by atoms with Gasteiger partial charge in [0.1, 0.15) is 6.61 Å². The molecule has 2 aromatic rings. The highest BCUT2D eigenvalue weighted by atomic mass is 16.7. The molecular weight excluding hydrogens is 284 g/mol. The largest absolute Gasteiger partial charge is 0.454 e. The summed E-state index contributed by atoms with van der Waals surface area (Å²) in [7, 11) is 0. The summed E-state index contributed by atoms with van der Waals surface area (Å²) in [6.45, 7) is 0.536. The Morgan fingerprint density at radius 2 is 1.91 bits per heavy atom. The normalized spacial score (nSPS) is 12.2. The minimum absolute atomic E-state index is 0.0290. The zero-order valence-corrected chi connectivity index (χ0v) is 11.9. The standard InChI is InChI=1S/C16H16N2O4/c17-12-2-4-13(5-3-12)18-16(19)9-20-8-11-1-6-14-15(7-11)22-10-21-14/h1-7H,8-10,17H2,(H,18,19). The maximum atomic E-state index is 11.8. The van der Waals surface area contributed by atoms with Crippen molar-refractivity contribution in [2.24, 2.45) is 0 Å². The SMILES string of the molecule is Nc1ccc(NC(=O)COCc2ccc3c(c2)OCO3)cc1. The third-order valence-electron chi connectivity index (χ3n) is 3.13. The van der Waals surface area contributed by atoms with E-state index in [1.807, 2.05) is 18.2 Å². The van der Waals surface area contributed by atoms with Crippen molar-refractivity contribution in [3.8, 4) is 11.5 Å². The molecule has 1 amide bonds. The minimum atomic E-state index is -0.217. The summed E-state index contributed by atoms with van der Waals surface area (Å²) in [5, 5.41) is 2.73. The Labute approximate surface area is 127 Å². The van der Waals surface area contributed by atoms with E-state index in [-0.39, 0.29) is 19.3 Å². The number of carbonyl (C=O) groups excluding carboxylic acids is 1. The summed E-state index contributed by atoms with van der Waals surface area (Å²) >= 11 is 0. The molecule has 0 atom stereocenters. The van der Waals surface area contributed by atoms with Gasteiger partial charge in [0.25, 0.3) is 0 Å². The van der Waals surface area contributed by atoms with E-state index in [9.17, 15) is 4.79 Å². The number of hydrogen-bond acceptors (Lipinski definition) is 5. The van der Waals surface area contributed by atoms with E-state index in [0.29, 0.717) is 23.7 Å². The number of nitrogens with two attached hydrogens (primary N) is 1. The lowest BCUT2D eigenvalue weighted by Gasteiger charge is -2.07. The smallest absolute Gasteiger partial charge is 0.250 e. The first-order valence-electron chi connectivity index (χ1n) is 6.82. The van der Waals surface area contributed by atoms with Crippen LogP contribution in [0.15, 0.2) is 42.5 Å². The van der Waals surface area contributed by atoms with Gasteiger partial charge in [-0.15, -0.1) is 0 Å². The second-order valence-electron chi connectivity index (χ2n) is 4.85. The van der Waals surface area contributed by atoms with Crippen molar-refractivity contribution in [2.75, 3.05) is 24.5 Å². The highest BCUT2D eigenvalue weighted by Crippen LogP contribution is 2.32. The zero-order valence-electron chi connectivity index (χ0n) is 11.9. The molecule has 3 N–H and O–H groups in total. The predicted octanol–water partition coefficient (Wildman–Crippen LogP) is 2.15. The Kier molecular flexibility index (Phi) is 4.11. The van der Waals surface area contributed by atoms with Gasteiger partial charge in [-0.05, 0) is 42.0 Å². The van der Waals surface area contributed by atoms with Crippen molar-refractivity contribution in [2.45, 2.75) is 6.61 Å². The lowest BCUT2D eigenvalue weighted by Crippen LogP contribution is -2.18. The molecule has 1 heterocycles. The quantitative estimate of drug-likeness (QED) is 0.827. The molecule has 2 aromatic carbocycles. The summed E-state index contributed by atoms with van der Waals surface area (Å²) in [6, 6.07) is 12.5.